The summed E-state index contributed by atoms with van der Waals surface area (Å²) in [5, 5.41) is 0. The van der Waals surface area contributed by atoms with Gasteiger partial charge in [-0.2, -0.15) is 0 Å². The van der Waals surface area contributed by atoms with Crippen LogP contribution in [-0.2, 0) is 14.3 Å². The van der Waals surface area contributed by atoms with Crippen molar-refractivity contribution >= 4 is 11.9 Å². The van der Waals surface area contributed by atoms with Crippen LogP contribution in [0.25, 0.3) is 0 Å². The molecule has 0 N–H and O–H groups in total. The van der Waals surface area contributed by atoms with Gasteiger partial charge < -0.3 is 4.74 Å². The molecule has 0 bridgehead atoms. The van der Waals surface area contributed by atoms with E-state index in [0.29, 0.717) is 0 Å². The first-order valence-corrected chi connectivity index (χ1v) is 9.89. The minimum atomic E-state index is -0.666. The molecule has 0 radical (unpaired) electrons. The minimum Gasteiger partial charge on any atom is -0.390 e. The number of hydrogen-bond donors (Lipinski definition) is 0. The molecule has 0 aliphatic rings. The molecule has 0 aromatic carbocycles. The van der Waals surface area contributed by atoms with Gasteiger partial charge in [-0.1, -0.05) is 112 Å². The highest BCUT2D eigenvalue weighted by Gasteiger charge is 1.98. The summed E-state index contributed by atoms with van der Waals surface area (Å²) in [6.07, 6.45) is 32.8. The summed E-state index contributed by atoms with van der Waals surface area (Å²) in [6, 6.07) is 0. The Morgan fingerprint density at radius 3 is 1.70 bits per heavy atom. The van der Waals surface area contributed by atoms with Crippen LogP contribution in [0.5, 0.6) is 0 Å². The molecular formula is C24H34O3. The Bertz CT molecular complexity index is 560. The molecule has 3 nitrogen and oxygen atoms in total. The molecule has 0 amide bonds. The maximum absolute atomic E-state index is 11.0. The Morgan fingerprint density at radius 2 is 1.15 bits per heavy atom. The largest absolute Gasteiger partial charge is 0.390 e. The average molecular weight is 371 g/mol. The minimum absolute atomic E-state index is 0.612. The van der Waals surface area contributed by atoms with Gasteiger partial charge in [0.05, 0.1) is 0 Å². The number of hydrogen-bond acceptors (Lipinski definition) is 3. The van der Waals surface area contributed by atoms with E-state index < -0.39 is 11.9 Å². The molecule has 0 rings (SSSR count). The highest BCUT2D eigenvalue weighted by atomic mass is 16.6. The van der Waals surface area contributed by atoms with Crippen molar-refractivity contribution in [3.8, 4) is 0 Å². The fraction of sp³-hybridized carbons (Fsp3) is 0.417. The normalized spacial score (nSPS) is 12.7. The summed E-state index contributed by atoms with van der Waals surface area (Å²) in [6.45, 7) is 3.44. The number of esters is 2. The molecule has 0 aromatic heterocycles. The van der Waals surface area contributed by atoms with E-state index in [1.807, 2.05) is 36.5 Å². The number of allylic oxidation sites excluding steroid dienone is 11. The van der Waals surface area contributed by atoms with E-state index in [1.54, 1.807) is 12.2 Å². The fourth-order valence-electron chi connectivity index (χ4n) is 2.22. The molecule has 0 heterocycles. The van der Waals surface area contributed by atoms with Gasteiger partial charge in [0, 0.05) is 13.0 Å². The first kappa shape index (κ1) is 24.6. The van der Waals surface area contributed by atoms with Crippen molar-refractivity contribution < 1.29 is 14.3 Å². The average Bonchev–Trinajstić information content (AvgIpc) is 2.63. The van der Waals surface area contributed by atoms with E-state index in [0.717, 1.165) is 6.42 Å². The number of rotatable bonds is 14. The standard InChI is InChI=1S/C24H34O3/c1-3-4-5-6-7-8-9-10-11-12-13-14-15-16-17-18-19-20-21-22-24(26)27-23(2)25/h11-22H,3-10H2,1-2H3. The van der Waals surface area contributed by atoms with E-state index in [-0.39, 0.29) is 0 Å². The zero-order valence-corrected chi connectivity index (χ0v) is 16.8. The van der Waals surface area contributed by atoms with Gasteiger partial charge in [-0.15, -0.1) is 0 Å². The van der Waals surface area contributed by atoms with Crippen LogP contribution in [0, 0.1) is 0 Å². The topological polar surface area (TPSA) is 43.4 Å². The van der Waals surface area contributed by atoms with Gasteiger partial charge in [-0.25, -0.2) is 4.79 Å². The lowest BCUT2D eigenvalue weighted by atomic mass is 10.1. The van der Waals surface area contributed by atoms with Crippen LogP contribution < -0.4 is 0 Å². The Morgan fingerprint density at radius 1 is 0.667 bits per heavy atom. The van der Waals surface area contributed by atoms with E-state index in [2.05, 4.69) is 23.8 Å². The quantitative estimate of drug-likeness (QED) is 0.114. The van der Waals surface area contributed by atoms with Gasteiger partial charge in [0.2, 0.25) is 0 Å². The van der Waals surface area contributed by atoms with Crippen LogP contribution in [0.3, 0.4) is 0 Å². The first-order chi connectivity index (χ1) is 13.2. The molecule has 0 fully saturated rings. The third-order valence-corrected chi connectivity index (χ3v) is 3.59. The van der Waals surface area contributed by atoms with Gasteiger partial charge >= 0.3 is 11.9 Å². The summed E-state index contributed by atoms with van der Waals surface area (Å²) in [5.41, 5.74) is 0. The maximum atomic E-state index is 11.0. The highest BCUT2D eigenvalue weighted by molar-refractivity contribution is 5.91. The molecule has 0 unspecified atom stereocenters. The Hall–Kier alpha value is -2.42. The zero-order valence-electron chi connectivity index (χ0n) is 16.8. The molecule has 0 aliphatic heterocycles. The Labute approximate surface area is 164 Å². The first-order valence-electron chi connectivity index (χ1n) is 9.89. The molecule has 27 heavy (non-hydrogen) atoms. The molecule has 0 aromatic rings. The summed E-state index contributed by atoms with van der Waals surface area (Å²) in [4.78, 5) is 21.6. The summed E-state index contributed by atoms with van der Waals surface area (Å²) < 4.78 is 4.35. The second-order valence-electron chi connectivity index (χ2n) is 6.15. The second-order valence-corrected chi connectivity index (χ2v) is 6.15. The SMILES string of the molecule is CCCCCCCCCC=CC=CC=CC=CC=CC=CC(=O)OC(C)=O. The van der Waals surface area contributed by atoms with Crippen molar-refractivity contribution in [1.29, 1.82) is 0 Å². The van der Waals surface area contributed by atoms with E-state index in [4.69, 9.17) is 0 Å². The lowest BCUT2D eigenvalue weighted by Gasteiger charge is -1.98. The van der Waals surface area contributed by atoms with Crippen LogP contribution in [0.4, 0.5) is 0 Å². The third-order valence-electron chi connectivity index (χ3n) is 3.59. The van der Waals surface area contributed by atoms with Crippen molar-refractivity contribution in [2.45, 2.75) is 65.2 Å². The van der Waals surface area contributed by atoms with Crippen molar-refractivity contribution in [2.75, 3.05) is 0 Å². The number of carbonyl (C=O) groups is 2. The molecule has 0 aliphatic carbocycles. The van der Waals surface area contributed by atoms with Gasteiger partial charge in [-0.3, -0.25) is 4.79 Å². The molecule has 0 saturated heterocycles. The molecule has 148 valence electrons. The number of ether oxygens (including phenoxy) is 1. The van der Waals surface area contributed by atoms with Crippen molar-refractivity contribution in [2.24, 2.45) is 0 Å². The molecule has 0 atom stereocenters. The lowest BCUT2D eigenvalue weighted by Crippen LogP contribution is -2.04. The summed E-state index contributed by atoms with van der Waals surface area (Å²) in [7, 11) is 0. The van der Waals surface area contributed by atoms with E-state index >= 15 is 0 Å². The maximum Gasteiger partial charge on any atom is 0.338 e. The van der Waals surface area contributed by atoms with E-state index in [1.165, 1.54) is 64.0 Å². The predicted octanol–water partition coefficient (Wildman–Crippen LogP) is 6.55. The summed E-state index contributed by atoms with van der Waals surface area (Å²) in [5.74, 6) is -1.28. The van der Waals surface area contributed by atoms with Crippen LogP contribution >= 0.6 is 0 Å². The fourth-order valence-corrected chi connectivity index (χ4v) is 2.22. The van der Waals surface area contributed by atoms with Crippen LogP contribution in [0.2, 0.25) is 0 Å². The molecule has 3 heteroatoms. The molecule has 0 saturated carbocycles. The van der Waals surface area contributed by atoms with Gasteiger partial charge in [0.1, 0.15) is 0 Å². The van der Waals surface area contributed by atoms with Gasteiger partial charge in [0.25, 0.3) is 0 Å². The second kappa shape index (κ2) is 19.9. The van der Waals surface area contributed by atoms with Crippen molar-refractivity contribution in [1.82, 2.24) is 0 Å². The van der Waals surface area contributed by atoms with Crippen LogP contribution in [-0.4, -0.2) is 11.9 Å². The Balaban J connectivity index is 3.70. The van der Waals surface area contributed by atoms with Crippen molar-refractivity contribution in [3.63, 3.8) is 0 Å². The lowest BCUT2D eigenvalue weighted by molar-refractivity contribution is -0.154. The van der Waals surface area contributed by atoms with Gasteiger partial charge in [-0.05, 0) is 12.8 Å². The van der Waals surface area contributed by atoms with E-state index in [9.17, 15) is 9.59 Å². The third kappa shape index (κ3) is 21.5. The molecular weight excluding hydrogens is 336 g/mol. The number of carbonyl (C=O) groups excluding carboxylic acids is 2. The number of unbranched alkanes of at least 4 members (excludes halogenated alkanes) is 7. The zero-order chi connectivity index (χ0) is 20.0. The molecule has 0 spiro atoms. The predicted molar refractivity (Wildman–Crippen MR) is 114 cm³/mol. The van der Waals surface area contributed by atoms with Crippen LogP contribution in [0.15, 0.2) is 72.9 Å². The smallest absolute Gasteiger partial charge is 0.338 e. The van der Waals surface area contributed by atoms with Gasteiger partial charge in [0.15, 0.2) is 0 Å². The van der Waals surface area contributed by atoms with Crippen molar-refractivity contribution in [3.05, 3.63) is 72.9 Å². The highest BCUT2D eigenvalue weighted by Crippen LogP contribution is 2.08. The van der Waals surface area contributed by atoms with Crippen LogP contribution in [0.1, 0.15) is 65.2 Å². The Kier molecular flexibility index (Phi) is 18.1. The monoisotopic (exact) mass is 370 g/mol. The summed E-state index contributed by atoms with van der Waals surface area (Å²) >= 11 is 0.